The van der Waals surface area contributed by atoms with Crippen molar-refractivity contribution >= 4 is 27.5 Å². The van der Waals surface area contributed by atoms with Crippen LogP contribution < -0.4 is 10.1 Å². The Morgan fingerprint density at radius 2 is 1.86 bits per heavy atom. The van der Waals surface area contributed by atoms with Gasteiger partial charge < -0.3 is 14.6 Å². The van der Waals surface area contributed by atoms with Crippen molar-refractivity contribution in [1.82, 2.24) is 9.88 Å². The molecule has 1 unspecified atom stereocenters. The van der Waals surface area contributed by atoms with Crippen LogP contribution in [0.1, 0.15) is 34.6 Å². The van der Waals surface area contributed by atoms with E-state index in [1.165, 1.54) is 0 Å². The molecule has 142 valence electrons. The fourth-order valence-electron chi connectivity index (χ4n) is 3.33. The molecule has 0 bridgehead atoms. The lowest BCUT2D eigenvalue weighted by Gasteiger charge is -2.16. The Morgan fingerprint density at radius 1 is 1.11 bits per heavy atom. The van der Waals surface area contributed by atoms with Crippen molar-refractivity contribution in [1.29, 1.82) is 0 Å². The third kappa shape index (κ3) is 3.66. The number of hydrogen-bond donors (Lipinski definition) is 1. The second-order valence-electron chi connectivity index (χ2n) is 6.75. The second-order valence-corrected chi connectivity index (χ2v) is 7.65. The van der Waals surface area contributed by atoms with Crippen LogP contribution in [0.5, 0.6) is 5.75 Å². The van der Waals surface area contributed by atoms with Crippen LogP contribution in [0, 0.1) is 0 Å². The lowest BCUT2D eigenvalue weighted by Crippen LogP contribution is -2.28. The molecule has 2 aromatic carbocycles. The molecule has 0 aliphatic heterocycles. The normalized spacial score (nSPS) is 12.1. The highest BCUT2D eigenvalue weighted by Gasteiger charge is 2.19. The van der Waals surface area contributed by atoms with Crippen LogP contribution >= 0.6 is 11.3 Å². The molecule has 4 nitrogen and oxygen atoms in total. The van der Waals surface area contributed by atoms with Gasteiger partial charge >= 0.3 is 0 Å². The monoisotopic (exact) mass is 390 g/mol. The van der Waals surface area contributed by atoms with Crippen LogP contribution in [0.15, 0.2) is 72.1 Å². The molecular weight excluding hydrogens is 368 g/mol. The summed E-state index contributed by atoms with van der Waals surface area (Å²) in [5, 5.41) is 6.29. The molecule has 0 aliphatic rings. The number of fused-ring (bicyclic) bond motifs is 1. The molecule has 4 rings (SSSR count). The summed E-state index contributed by atoms with van der Waals surface area (Å²) < 4.78 is 7.33. The summed E-state index contributed by atoms with van der Waals surface area (Å²) in [5.74, 6) is 0.764. The SMILES string of the molecule is COc1ccc(Cn2c(C(=O)NC(C)c3ccccc3)cc3ccsc32)cc1. The summed E-state index contributed by atoms with van der Waals surface area (Å²) in [7, 11) is 1.66. The van der Waals surface area contributed by atoms with Crippen molar-refractivity contribution in [3.8, 4) is 5.75 Å². The second kappa shape index (κ2) is 7.90. The fourth-order valence-corrected chi connectivity index (χ4v) is 4.23. The molecule has 0 aliphatic carbocycles. The van der Waals surface area contributed by atoms with E-state index in [0.29, 0.717) is 12.2 Å². The van der Waals surface area contributed by atoms with E-state index in [0.717, 1.165) is 27.1 Å². The van der Waals surface area contributed by atoms with Crippen molar-refractivity contribution in [3.63, 3.8) is 0 Å². The Morgan fingerprint density at radius 3 is 2.57 bits per heavy atom. The topological polar surface area (TPSA) is 43.3 Å². The van der Waals surface area contributed by atoms with Gasteiger partial charge in [0.05, 0.1) is 13.2 Å². The summed E-state index contributed by atoms with van der Waals surface area (Å²) in [4.78, 5) is 14.2. The van der Waals surface area contributed by atoms with Crippen LogP contribution in [0.25, 0.3) is 10.2 Å². The molecule has 28 heavy (non-hydrogen) atoms. The van der Waals surface area contributed by atoms with E-state index in [9.17, 15) is 4.79 Å². The molecule has 5 heteroatoms. The summed E-state index contributed by atoms with van der Waals surface area (Å²) >= 11 is 1.65. The highest BCUT2D eigenvalue weighted by molar-refractivity contribution is 7.16. The van der Waals surface area contributed by atoms with Crippen LogP contribution in [0.3, 0.4) is 0 Å². The van der Waals surface area contributed by atoms with Gasteiger partial charge in [0.25, 0.3) is 5.91 Å². The summed E-state index contributed by atoms with van der Waals surface area (Å²) in [6.45, 7) is 2.64. The third-order valence-corrected chi connectivity index (χ3v) is 5.83. The smallest absolute Gasteiger partial charge is 0.268 e. The van der Waals surface area contributed by atoms with Crippen molar-refractivity contribution < 1.29 is 9.53 Å². The average molecular weight is 391 g/mol. The molecule has 1 N–H and O–H groups in total. The minimum absolute atomic E-state index is 0.0592. The first-order valence-corrected chi connectivity index (χ1v) is 10.1. The highest BCUT2D eigenvalue weighted by Crippen LogP contribution is 2.27. The van der Waals surface area contributed by atoms with Crippen molar-refractivity contribution in [2.45, 2.75) is 19.5 Å². The van der Waals surface area contributed by atoms with Crippen molar-refractivity contribution in [2.24, 2.45) is 0 Å². The number of methoxy groups -OCH3 is 1. The highest BCUT2D eigenvalue weighted by atomic mass is 32.1. The number of rotatable bonds is 6. The number of hydrogen-bond acceptors (Lipinski definition) is 3. The van der Waals surface area contributed by atoms with Gasteiger partial charge in [0.2, 0.25) is 0 Å². The fraction of sp³-hybridized carbons (Fsp3) is 0.174. The number of carbonyl (C=O) groups excluding carboxylic acids is 1. The molecule has 2 aromatic heterocycles. The molecular formula is C23H22N2O2S. The number of nitrogens with zero attached hydrogens (tertiary/aromatic N) is 1. The summed E-state index contributed by atoms with van der Waals surface area (Å²) in [5.41, 5.74) is 2.89. The van der Waals surface area contributed by atoms with E-state index < -0.39 is 0 Å². The first kappa shape index (κ1) is 18.3. The summed E-state index contributed by atoms with van der Waals surface area (Å²) in [6.07, 6.45) is 0. The number of aromatic nitrogens is 1. The van der Waals surface area contributed by atoms with Crippen LogP contribution in [0.4, 0.5) is 0 Å². The Bertz CT molecular complexity index is 1080. The van der Waals surface area contributed by atoms with Gasteiger partial charge in [0.15, 0.2) is 0 Å². The maximum absolute atomic E-state index is 13.1. The molecule has 0 fully saturated rings. The predicted octanol–water partition coefficient (Wildman–Crippen LogP) is 5.25. The Hall–Kier alpha value is -3.05. The minimum Gasteiger partial charge on any atom is -0.497 e. The van der Waals surface area contributed by atoms with E-state index in [-0.39, 0.29) is 11.9 Å². The van der Waals surface area contributed by atoms with Gasteiger partial charge in [-0.05, 0) is 47.7 Å². The Labute approximate surface area is 168 Å². The zero-order valence-corrected chi connectivity index (χ0v) is 16.7. The van der Waals surface area contributed by atoms with E-state index in [4.69, 9.17) is 4.74 Å². The van der Waals surface area contributed by atoms with Gasteiger partial charge in [0.1, 0.15) is 16.3 Å². The van der Waals surface area contributed by atoms with E-state index in [1.54, 1.807) is 18.4 Å². The largest absolute Gasteiger partial charge is 0.497 e. The van der Waals surface area contributed by atoms with Gasteiger partial charge in [-0.1, -0.05) is 42.5 Å². The first-order valence-electron chi connectivity index (χ1n) is 9.21. The Kier molecular flexibility index (Phi) is 5.17. The van der Waals surface area contributed by atoms with Gasteiger partial charge in [-0.25, -0.2) is 0 Å². The number of thiophene rings is 1. The van der Waals surface area contributed by atoms with Crippen molar-refractivity contribution in [2.75, 3.05) is 7.11 Å². The van der Waals surface area contributed by atoms with Gasteiger partial charge in [-0.15, -0.1) is 11.3 Å². The zero-order chi connectivity index (χ0) is 19.5. The van der Waals surface area contributed by atoms with Crippen LogP contribution in [0.2, 0.25) is 0 Å². The first-order chi connectivity index (χ1) is 13.7. The number of ether oxygens (including phenoxy) is 1. The molecule has 2 heterocycles. The number of carbonyl (C=O) groups is 1. The Balaban J connectivity index is 1.62. The molecule has 0 radical (unpaired) electrons. The molecule has 1 amide bonds. The van der Waals surface area contributed by atoms with E-state index in [1.807, 2.05) is 67.6 Å². The molecule has 0 saturated heterocycles. The zero-order valence-electron chi connectivity index (χ0n) is 15.9. The number of amides is 1. The third-order valence-electron chi connectivity index (χ3n) is 4.88. The average Bonchev–Trinajstić information content (AvgIpc) is 3.32. The molecule has 0 spiro atoms. The standard InChI is InChI=1S/C23H22N2O2S/c1-16(18-6-4-3-5-7-18)24-22(26)21-14-19-12-13-28-23(19)25(21)15-17-8-10-20(27-2)11-9-17/h3-14,16H,15H2,1-2H3,(H,24,26). The maximum atomic E-state index is 13.1. The number of benzene rings is 2. The molecule has 0 saturated carbocycles. The van der Waals surface area contributed by atoms with Gasteiger partial charge in [0, 0.05) is 11.9 Å². The maximum Gasteiger partial charge on any atom is 0.268 e. The van der Waals surface area contributed by atoms with E-state index in [2.05, 4.69) is 21.3 Å². The number of nitrogens with one attached hydrogen (secondary N) is 1. The van der Waals surface area contributed by atoms with Crippen molar-refractivity contribution in [3.05, 3.63) is 88.9 Å². The van der Waals surface area contributed by atoms with Gasteiger partial charge in [-0.2, -0.15) is 0 Å². The molecule has 4 aromatic rings. The lowest BCUT2D eigenvalue weighted by molar-refractivity contribution is 0.0931. The minimum atomic E-state index is -0.0618. The van der Waals surface area contributed by atoms with Gasteiger partial charge in [-0.3, -0.25) is 4.79 Å². The van der Waals surface area contributed by atoms with Crippen LogP contribution in [-0.2, 0) is 6.54 Å². The lowest BCUT2D eigenvalue weighted by atomic mass is 10.1. The van der Waals surface area contributed by atoms with Crippen LogP contribution in [-0.4, -0.2) is 17.6 Å². The predicted molar refractivity (Wildman–Crippen MR) is 114 cm³/mol. The quantitative estimate of drug-likeness (QED) is 0.489. The molecule has 1 atom stereocenters. The summed E-state index contributed by atoms with van der Waals surface area (Å²) in [6, 6.07) is 21.9. The van der Waals surface area contributed by atoms with E-state index >= 15 is 0 Å².